The van der Waals surface area contributed by atoms with E-state index in [0.29, 0.717) is 11.5 Å². The Balaban J connectivity index is 1.02. The summed E-state index contributed by atoms with van der Waals surface area (Å²) < 4.78 is 40.1. The van der Waals surface area contributed by atoms with Crippen LogP contribution >= 0.6 is 0 Å². The largest absolute Gasteiger partial charge is 0.453 e. The Bertz CT molecular complexity index is 2460. The van der Waals surface area contributed by atoms with Crippen LogP contribution in [0.5, 0.6) is 69.0 Å². The van der Waals surface area contributed by atoms with Crippen LogP contribution in [0.1, 0.15) is 63.5 Å². The van der Waals surface area contributed by atoms with Crippen LogP contribution in [0.2, 0.25) is 0 Å². The third-order valence-corrected chi connectivity index (χ3v) is 11.3. The number of hydrogen-bond donors (Lipinski definition) is 0. The first kappa shape index (κ1) is 30.2. The van der Waals surface area contributed by atoms with Crippen LogP contribution in [0.15, 0.2) is 84.9 Å². The summed E-state index contributed by atoms with van der Waals surface area (Å²) in [5, 5.41) is 0. The van der Waals surface area contributed by atoms with Crippen molar-refractivity contribution in [2.45, 2.75) is 65.2 Å². The molecule has 6 aliphatic rings. The standard InChI is InChI=1S/C46H36N2O6/c1-3-5-7-11-25-17-33-43-35(19-25)53-39-23-28(24-40-46(39)48(43)44-34(52-33)18-26(12-8-6-4-2)20-36(44)54-40)27-21-37-45-38(22-27)51-32-16-10-14-30-42(32)47(45)41-29(49-30)13-9-15-31(41)50-37/h9-10,13-24H,3-8,11-12H2,1-2H3. The van der Waals surface area contributed by atoms with Gasteiger partial charge in [0, 0.05) is 0 Å². The van der Waals surface area contributed by atoms with Gasteiger partial charge in [-0.05, 0) is 121 Å². The molecule has 0 atom stereocenters. The van der Waals surface area contributed by atoms with Gasteiger partial charge in [-0.2, -0.15) is 0 Å². The molecule has 6 aliphatic heterocycles. The van der Waals surface area contributed by atoms with Crippen molar-refractivity contribution in [2.75, 3.05) is 9.80 Å². The predicted octanol–water partition coefficient (Wildman–Crippen LogP) is 14.4. The highest BCUT2D eigenvalue weighted by Gasteiger charge is 2.44. The van der Waals surface area contributed by atoms with Gasteiger partial charge in [-0.3, -0.25) is 9.80 Å². The molecular weight excluding hydrogens is 677 g/mol. The van der Waals surface area contributed by atoms with E-state index in [9.17, 15) is 0 Å². The molecule has 0 amide bonds. The van der Waals surface area contributed by atoms with Gasteiger partial charge in [0.1, 0.15) is 34.1 Å². The van der Waals surface area contributed by atoms with E-state index in [-0.39, 0.29) is 0 Å². The maximum Gasteiger partial charge on any atom is 0.156 e. The fourth-order valence-corrected chi connectivity index (χ4v) is 8.88. The van der Waals surface area contributed by atoms with E-state index in [2.05, 4.69) is 72.2 Å². The Hall–Kier alpha value is -6.28. The van der Waals surface area contributed by atoms with Crippen molar-refractivity contribution < 1.29 is 28.4 Å². The smallest absolute Gasteiger partial charge is 0.156 e. The van der Waals surface area contributed by atoms with Crippen molar-refractivity contribution in [3.63, 3.8) is 0 Å². The molecule has 266 valence electrons. The van der Waals surface area contributed by atoms with Crippen LogP contribution < -0.4 is 38.2 Å². The highest BCUT2D eigenvalue weighted by Crippen LogP contribution is 2.69. The lowest BCUT2D eigenvalue weighted by Gasteiger charge is -2.42. The number of hydrogen-bond acceptors (Lipinski definition) is 8. The highest BCUT2D eigenvalue weighted by molar-refractivity contribution is 6.03. The SMILES string of the molecule is CCCCCc1cc2c3c(c1)Oc1cc(-c4cc5c6c(c4)Oc4cccc7c4N6c4c(cccc4O5)O7)cc4c1N3c1c(cc(CCCCC)cc1O4)O2. The molecule has 8 nitrogen and oxygen atoms in total. The molecule has 8 heteroatoms. The van der Waals surface area contributed by atoms with E-state index in [4.69, 9.17) is 28.4 Å². The second-order valence-corrected chi connectivity index (χ2v) is 14.9. The maximum atomic E-state index is 6.87. The first-order valence-electron chi connectivity index (χ1n) is 19.3. The Morgan fingerprint density at radius 3 is 0.963 bits per heavy atom. The van der Waals surface area contributed by atoms with Crippen LogP contribution in [-0.4, -0.2) is 0 Å². The number of anilines is 6. The molecule has 0 fully saturated rings. The Morgan fingerprint density at radius 1 is 0.352 bits per heavy atom. The van der Waals surface area contributed by atoms with E-state index >= 15 is 0 Å². The molecule has 6 heterocycles. The molecule has 0 bridgehead atoms. The molecule has 0 unspecified atom stereocenters. The molecule has 0 saturated heterocycles. The lowest BCUT2D eigenvalue weighted by Crippen LogP contribution is -2.24. The van der Waals surface area contributed by atoms with Gasteiger partial charge in [0.05, 0.1) is 0 Å². The van der Waals surface area contributed by atoms with E-state index < -0.39 is 0 Å². The second-order valence-electron chi connectivity index (χ2n) is 14.9. The van der Waals surface area contributed by atoms with E-state index in [1.165, 1.54) is 36.8 Å². The molecule has 0 radical (unpaired) electrons. The van der Waals surface area contributed by atoms with Crippen LogP contribution in [0.3, 0.4) is 0 Å². The fourth-order valence-electron chi connectivity index (χ4n) is 8.88. The zero-order valence-electron chi connectivity index (χ0n) is 30.1. The van der Waals surface area contributed by atoms with Crippen molar-refractivity contribution in [1.29, 1.82) is 0 Å². The molecule has 54 heavy (non-hydrogen) atoms. The van der Waals surface area contributed by atoms with Gasteiger partial charge in [-0.1, -0.05) is 51.7 Å². The summed E-state index contributed by atoms with van der Waals surface area (Å²) in [6, 6.07) is 29.0. The first-order valence-corrected chi connectivity index (χ1v) is 19.3. The number of rotatable bonds is 9. The molecule has 12 rings (SSSR count). The number of unbranched alkanes of at least 4 members (excludes halogenated alkanes) is 4. The van der Waals surface area contributed by atoms with Crippen molar-refractivity contribution in [2.24, 2.45) is 0 Å². The third kappa shape index (κ3) is 4.19. The molecular formula is C46H36N2O6. The molecule has 0 spiro atoms. The molecule has 0 aliphatic carbocycles. The lowest BCUT2D eigenvalue weighted by molar-refractivity contribution is 0.415. The number of nitrogens with zero attached hydrogens (tertiary/aromatic N) is 2. The van der Waals surface area contributed by atoms with Gasteiger partial charge >= 0.3 is 0 Å². The summed E-state index contributed by atoms with van der Waals surface area (Å²) in [4.78, 5) is 4.52. The summed E-state index contributed by atoms with van der Waals surface area (Å²) in [7, 11) is 0. The quantitative estimate of drug-likeness (QED) is 0.137. The van der Waals surface area contributed by atoms with E-state index in [1.54, 1.807) is 0 Å². The average molecular weight is 713 g/mol. The van der Waals surface area contributed by atoms with Crippen molar-refractivity contribution in [1.82, 2.24) is 0 Å². The Labute approximate surface area is 313 Å². The van der Waals surface area contributed by atoms with E-state index in [0.717, 1.165) is 128 Å². The van der Waals surface area contributed by atoms with Gasteiger partial charge < -0.3 is 28.4 Å². The predicted molar refractivity (Wildman–Crippen MR) is 208 cm³/mol. The van der Waals surface area contributed by atoms with Crippen molar-refractivity contribution in [3.05, 3.63) is 96.1 Å². The average Bonchev–Trinajstić information content (AvgIpc) is 3.17. The van der Waals surface area contributed by atoms with Crippen molar-refractivity contribution in [3.8, 4) is 80.1 Å². The number of ether oxygens (including phenoxy) is 6. The van der Waals surface area contributed by atoms with Crippen LogP contribution in [0.4, 0.5) is 34.1 Å². The van der Waals surface area contributed by atoms with Crippen LogP contribution in [0.25, 0.3) is 11.1 Å². The van der Waals surface area contributed by atoms with Crippen LogP contribution in [-0.2, 0) is 12.8 Å². The summed E-state index contributed by atoms with van der Waals surface area (Å²) in [5.74, 6) is 9.05. The van der Waals surface area contributed by atoms with Crippen molar-refractivity contribution >= 4 is 34.1 Å². The monoisotopic (exact) mass is 712 g/mol. The molecule has 0 saturated carbocycles. The molecule has 0 aromatic heterocycles. The minimum atomic E-state index is 0.703. The summed E-state index contributed by atoms with van der Waals surface area (Å²) >= 11 is 0. The third-order valence-electron chi connectivity index (χ3n) is 11.3. The maximum absolute atomic E-state index is 6.87. The van der Waals surface area contributed by atoms with Gasteiger partial charge in [-0.15, -0.1) is 0 Å². The molecule has 6 aromatic rings. The van der Waals surface area contributed by atoms with Gasteiger partial charge in [0.2, 0.25) is 0 Å². The molecule has 6 aromatic carbocycles. The minimum Gasteiger partial charge on any atom is -0.453 e. The van der Waals surface area contributed by atoms with Gasteiger partial charge in [0.15, 0.2) is 69.0 Å². The first-order chi connectivity index (χ1) is 26.6. The second kappa shape index (κ2) is 11.1. The number of benzene rings is 6. The Kier molecular flexibility index (Phi) is 6.22. The summed E-state index contributed by atoms with van der Waals surface area (Å²) in [6.07, 6.45) is 8.87. The highest BCUT2D eigenvalue weighted by atomic mass is 16.5. The molecule has 0 N–H and O–H groups in total. The number of para-hydroxylation sites is 2. The van der Waals surface area contributed by atoms with Crippen LogP contribution in [0, 0.1) is 0 Å². The number of aryl methyl sites for hydroxylation is 2. The topological polar surface area (TPSA) is 61.9 Å². The lowest BCUT2D eigenvalue weighted by atomic mass is 9.96. The summed E-state index contributed by atoms with van der Waals surface area (Å²) in [5.41, 5.74) is 9.62. The fraction of sp³-hybridized carbons (Fsp3) is 0.217. The van der Waals surface area contributed by atoms with Gasteiger partial charge in [-0.25, -0.2) is 0 Å². The summed E-state index contributed by atoms with van der Waals surface area (Å²) in [6.45, 7) is 4.48. The zero-order valence-corrected chi connectivity index (χ0v) is 30.1. The zero-order chi connectivity index (χ0) is 35.7. The van der Waals surface area contributed by atoms with E-state index in [1.807, 2.05) is 36.4 Å². The Morgan fingerprint density at radius 2 is 0.630 bits per heavy atom. The van der Waals surface area contributed by atoms with Gasteiger partial charge in [0.25, 0.3) is 0 Å². The normalized spacial score (nSPS) is 14.4. The minimum absolute atomic E-state index is 0.703.